The van der Waals surface area contributed by atoms with Gasteiger partial charge in [0, 0.05) is 12.6 Å². The summed E-state index contributed by atoms with van der Waals surface area (Å²) in [5.41, 5.74) is 2.40. The first-order chi connectivity index (χ1) is 10.0. The van der Waals surface area contributed by atoms with Crippen LogP contribution in [-0.4, -0.2) is 22.7 Å². The fraction of sp³-hybridized carbons (Fsp3) is 0.235. The molecule has 0 heterocycles. The monoisotopic (exact) mass is 285 g/mol. The van der Waals surface area contributed by atoms with Crippen LogP contribution in [0.3, 0.4) is 0 Å². The normalized spacial score (nSPS) is 10.4. The Balaban J connectivity index is 2.24. The Bertz CT molecular complexity index is 652. The molecule has 110 valence electrons. The summed E-state index contributed by atoms with van der Waals surface area (Å²) in [6.07, 6.45) is 0.206. The van der Waals surface area contributed by atoms with Gasteiger partial charge in [-0.3, -0.25) is 4.79 Å². The Labute approximate surface area is 124 Å². The number of carbonyl (C=O) groups excluding carboxylic acids is 1. The van der Waals surface area contributed by atoms with Gasteiger partial charge in [-0.15, -0.1) is 0 Å². The van der Waals surface area contributed by atoms with Crippen molar-refractivity contribution in [1.82, 2.24) is 0 Å². The van der Waals surface area contributed by atoms with Crippen LogP contribution in [0.4, 0.5) is 5.69 Å². The van der Waals surface area contributed by atoms with Crippen molar-refractivity contribution in [2.75, 3.05) is 11.4 Å². The molecule has 2 N–H and O–H groups in total. The first kappa shape index (κ1) is 14.9. The van der Waals surface area contributed by atoms with Crippen LogP contribution in [0.5, 0.6) is 11.5 Å². The van der Waals surface area contributed by atoms with E-state index in [1.807, 2.05) is 13.8 Å². The van der Waals surface area contributed by atoms with Crippen molar-refractivity contribution >= 4 is 11.6 Å². The Hall–Kier alpha value is -2.49. The van der Waals surface area contributed by atoms with E-state index >= 15 is 0 Å². The standard InChI is InChI=1S/C17H19NO3/c1-3-18(16-11-15(20)8-7-12(16)2)17(21)10-13-5-4-6-14(19)9-13/h4-9,11,19-20H,3,10H2,1-2H3. The third-order valence-electron chi connectivity index (χ3n) is 3.37. The molecule has 21 heavy (non-hydrogen) atoms. The number of carbonyl (C=O) groups is 1. The van der Waals surface area contributed by atoms with Crippen LogP contribution in [0.2, 0.25) is 0 Å². The zero-order valence-electron chi connectivity index (χ0n) is 12.2. The predicted molar refractivity (Wildman–Crippen MR) is 82.7 cm³/mol. The number of aryl methyl sites for hydroxylation is 1. The number of anilines is 1. The molecule has 2 rings (SSSR count). The fourth-order valence-electron chi connectivity index (χ4n) is 2.31. The third-order valence-corrected chi connectivity index (χ3v) is 3.37. The van der Waals surface area contributed by atoms with E-state index in [0.717, 1.165) is 11.1 Å². The molecule has 0 aliphatic carbocycles. The van der Waals surface area contributed by atoms with Gasteiger partial charge < -0.3 is 15.1 Å². The number of hydrogen-bond donors (Lipinski definition) is 2. The summed E-state index contributed by atoms with van der Waals surface area (Å²) in [5, 5.41) is 19.1. The van der Waals surface area contributed by atoms with Crippen LogP contribution >= 0.6 is 0 Å². The quantitative estimate of drug-likeness (QED) is 0.907. The molecule has 0 saturated carbocycles. The largest absolute Gasteiger partial charge is 0.508 e. The lowest BCUT2D eigenvalue weighted by Gasteiger charge is -2.23. The zero-order chi connectivity index (χ0) is 15.4. The van der Waals surface area contributed by atoms with Gasteiger partial charge in [-0.05, 0) is 43.2 Å². The fourth-order valence-corrected chi connectivity index (χ4v) is 2.31. The Kier molecular flexibility index (Phi) is 4.48. The number of aromatic hydroxyl groups is 2. The topological polar surface area (TPSA) is 60.8 Å². The molecule has 4 heteroatoms. The molecule has 2 aromatic carbocycles. The summed E-state index contributed by atoms with van der Waals surface area (Å²) < 4.78 is 0. The molecule has 4 nitrogen and oxygen atoms in total. The Morgan fingerprint density at radius 2 is 1.81 bits per heavy atom. The molecular weight excluding hydrogens is 266 g/mol. The zero-order valence-corrected chi connectivity index (χ0v) is 12.2. The van der Waals surface area contributed by atoms with Gasteiger partial charge in [-0.2, -0.15) is 0 Å². The molecule has 0 spiro atoms. The highest BCUT2D eigenvalue weighted by atomic mass is 16.3. The third kappa shape index (κ3) is 3.54. The van der Waals surface area contributed by atoms with Crippen molar-refractivity contribution in [3.63, 3.8) is 0 Å². The number of likely N-dealkylation sites (N-methyl/N-ethyl adjacent to an activating group) is 1. The Morgan fingerprint density at radius 1 is 1.10 bits per heavy atom. The van der Waals surface area contributed by atoms with Gasteiger partial charge in [-0.1, -0.05) is 18.2 Å². The van der Waals surface area contributed by atoms with E-state index in [1.165, 1.54) is 0 Å². The average Bonchev–Trinajstić information content (AvgIpc) is 2.43. The lowest BCUT2D eigenvalue weighted by Crippen LogP contribution is -2.32. The molecule has 0 unspecified atom stereocenters. The first-order valence-electron chi connectivity index (χ1n) is 6.89. The van der Waals surface area contributed by atoms with Crippen molar-refractivity contribution in [3.05, 3.63) is 53.6 Å². The molecule has 0 atom stereocenters. The highest BCUT2D eigenvalue weighted by Crippen LogP contribution is 2.25. The molecule has 1 amide bonds. The van der Waals surface area contributed by atoms with Crippen LogP contribution in [0, 0.1) is 6.92 Å². The van der Waals surface area contributed by atoms with E-state index in [1.54, 1.807) is 47.4 Å². The number of benzene rings is 2. The maximum atomic E-state index is 12.5. The van der Waals surface area contributed by atoms with E-state index in [4.69, 9.17) is 0 Å². The van der Waals surface area contributed by atoms with Gasteiger partial charge in [0.2, 0.25) is 5.91 Å². The molecule has 0 aliphatic rings. The molecular formula is C17H19NO3. The van der Waals surface area contributed by atoms with E-state index in [0.29, 0.717) is 12.2 Å². The minimum atomic E-state index is -0.0724. The van der Waals surface area contributed by atoms with Crippen molar-refractivity contribution in [1.29, 1.82) is 0 Å². The summed E-state index contributed by atoms with van der Waals surface area (Å²) in [6.45, 7) is 4.31. The highest BCUT2D eigenvalue weighted by molar-refractivity contribution is 5.95. The van der Waals surface area contributed by atoms with Crippen LogP contribution in [0.25, 0.3) is 0 Å². The molecule has 0 fully saturated rings. The molecule has 0 bridgehead atoms. The van der Waals surface area contributed by atoms with E-state index in [9.17, 15) is 15.0 Å². The maximum Gasteiger partial charge on any atom is 0.231 e. The van der Waals surface area contributed by atoms with E-state index < -0.39 is 0 Å². The minimum absolute atomic E-state index is 0.0724. The van der Waals surface area contributed by atoms with Crippen LogP contribution in [-0.2, 0) is 11.2 Å². The smallest absolute Gasteiger partial charge is 0.231 e. The van der Waals surface area contributed by atoms with E-state index in [2.05, 4.69) is 0 Å². The van der Waals surface area contributed by atoms with Gasteiger partial charge >= 0.3 is 0 Å². The van der Waals surface area contributed by atoms with E-state index in [-0.39, 0.29) is 23.8 Å². The van der Waals surface area contributed by atoms with Crippen LogP contribution < -0.4 is 4.90 Å². The molecule has 0 radical (unpaired) electrons. The summed E-state index contributed by atoms with van der Waals surface area (Å²) in [5.74, 6) is 0.216. The number of phenolic OH excluding ortho intramolecular Hbond substituents is 2. The van der Waals surface area contributed by atoms with Crippen molar-refractivity contribution in [2.45, 2.75) is 20.3 Å². The molecule has 0 aliphatic heterocycles. The minimum Gasteiger partial charge on any atom is -0.508 e. The summed E-state index contributed by atoms with van der Waals surface area (Å²) in [4.78, 5) is 14.1. The highest BCUT2D eigenvalue weighted by Gasteiger charge is 2.17. The number of hydrogen-bond acceptors (Lipinski definition) is 3. The number of rotatable bonds is 4. The van der Waals surface area contributed by atoms with Crippen LogP contribution in [0.1, 0.15) is 18.1 Å². The lowest BCUT2D eigenvalue weighted by atomic mass is 10.1. The van der Waals surface area contributed by atoms with Crippen molar-refractivity contribution < 1.29 is 15.0 Å². The van der Waals surface area contributed by atoms with Gasteiger partial charge in [0.15, 0.2) is 0 Å². The number of amides is 1. The predicted octanol–water partition coefficient (Wildman–Crippen LogP) is 3.00. The van der Waals surface area contributed by atoms with Crippen molar-refractivity contribution in [3.8, 4) is 11.5 Å². The molecule has 2 aromatic rings. The first-order valence-corrected chi connectivity index (χ1v) is 6.89. The van der Waals surface area contributed by atoms with Gasteiger partial charge in [-0.25, -0.2) is 0 Å². The number of nitrogens with zero attached hydrogens (tertiary/aromatic N) is 1. The summed E-state index contributed by atoms with van der Waals surface area (Å²) in [7, 11) is 0. The molecule has 0 aromatic heterocycles. The Morgan fingerprint density at radius 3 is 2.48 bits per heavy atom. The summed E-state index contributed by atoms with van der Waals surface area (Å²) >= 11 is 0. The second-order valence-electron chi connectivity index (χ2n) is 4.96. The number of phenols is 2. The van der Waals surface area contributed by atoms with Gasteiger partial charge in [0.25, 0.3) is 0 Å². The average molecular weight is 285 g/mol. The van der Waals surface area contributed by atoms with Crippen LogP contribution in [0.15, 0.2) is 42.5 Å². The SMILES string of the molecule is CCN(C(=O)Cc1cccc(O)c1)c1cc(O)ccc1C. The lowest BCUT2D eigenvalue weighted by molar-refractivity contribution is -0.117. The van der Waals surface area contributed by atoms with Crippen molar-refractivity contribution in [2.24, 2.45) is 0 Å². The summed E-state index contributed by atoms with van der Waals surface area (Å²) in [6, 6.07) is 11.7. The molecule has 0 saturated heterocycles. The van der Waals surface area contributed by atoms with Gasteiger partial charge in [0.1, 0.15) is 11.5 Å². The second kappa shape index (κ2) is 6.31. The second-order valence-corrected chi connectivity index (χ2v) is 4.96. The maximum absolute atomic E-state index is 12.5. The van der Waals surface area contributed by atoms with Gasteiger partial charge in [0.05, 0.1) is 12.1 Å².